The van der Waals surface area contributed by atoms with Crippen molar-refractivity contribution in [3.05, 3.63) is 35.5 Å². The maximum Gasteiger partial charge on any atom is 0.415 e. The summed E-state index contributed by atoms with van der Waals surface area (Å²) in [4.78, 5) is 10.8. The zero-order chi connectivity index (χ0) is 16.2. The number of aromatic nitrogens is 2. The maximum absolute atomic E-state index is 12.4. The van der Waals surface area contributed by atoms with Crippen molar-refractivity contribution in [1.82, 2.24) is 5.16 Å². The fourth-order valence-corrected chi connectivity index (χ4v) is 2.87. The molecule has 10 heteroatoms. The van der Waals surface area contributed by atoms with Crippen LogP contribution in [-0.4, -0.2) is 32.8 Å². The summed E-state index contributed by atoms with van der Waals surface area (Å²) in [5.74, 6) is -1.34. The number of hydrogen-bond acceptors (Lipinski definition) is 8. The summed E-state index contributed by atoms with van der Waals surface area (Å²) in [5, 5.41) is 13.9. The van der Waals surface area contributed by atoms with Gasteiger partial charge in [-0.05, 0) is 24.0 Å². The number of ether oxygens (including phenoxy) is 2. The SMILES string of the molecule is CCOC(=O)COc1no[n+]([O-])c1S(=O)(=O)c1ccccc1. The predicted molar refractivity (Wildman–Crippen MR) is 69.5 cm³/mol. The van der Waals surface area contributed by atoms with Crippen molar-refractivity contribution >= 4 is 15.8 Å². The van der Waals surface area contributed by atoms with Crippen LogP contribution in [0.25, 0.3) is 0 Å². The summed E-state index contributed by atoms with van der Waals surface area (Å²) in [6.45, 7) is 1.14. The summed E-state index contributed by atoms with van der Waals surface area (Å²) in [5.41, 5.74) is 0. The van der Waals surface area contributed by atoms with Gasteiger partial charge in [0.1, 0.15) is 0 Å². The van der Waals surface area contributed by atoms with Crippen LogP contribution in [0.4, 0.5) is 0 Å². The molecule has 0 atom stereocenters. The van der Waals surface area contributed by atoms with Crippen LogP contribution in [0, 0.1) is 5.21 Å². The smallest absolute Gasteiger partial charge is 0.415 e. The minimum atomic E-state index is -4.20. The normalized spacial score (nSPS) is 11.1. The van der Waals surface area contributed by atoms with Gasteiger partial charge in [0.15, 0.2) is 6.61 Å². The molecule has 0 radical (unpaired) electrons. The van der Waals surface area contributed by atoms with Gasteiger partial charge in [0.2, 0.25) is 0 Å². The number of sulfone groups is 1. The highest BCUT2D eigenvalue weighted by Gasteiger charge is 2.36. The van der Waals surface area contributed by atoms with Gasteiger partial charge in [-0.3, -0.25) is 4.63 Å². The lowest BCUT2D eigenvalue weighted by Gasteiger charge is -2.03. The van der Waals surface area contributed by atoms with E-state index >= 15 is 0 Å². The number of hydrogen-bond donors (Lipinski definition) is 0. The third-order valence-electron chi connectivity index (χ3n) is 2.49. The van der Waals surface area contributed by atoms with Crippen LogP contribution < -0.4 is 9.64 Å². The number of benzene rings is 1. The minimum absolute atomic E-state index is 0.135. The highest BCUT2D eigenvalue weighted by atomic mass is 32.2. The van der Waals surface area contributed by atoms with Gasteiger partial charge in [0.25, 0.3) is 9.84 Å². The first-order chi connectivity index (χ1) is 10.5. The minimum Gasteiger partial charge on any atom is -0.463 e. The van der Waals surface area contributed by atoms with Gasteiger partial charge in [-0.25, -0.2) is 13.2 Å². The highest BCUT2D eigenvalue weighted by Crippen LogP contribution is 2.24. The number of carbonyl (C=O) groups is 1. The molecule has 0 fully saturated rings. The lowest BCUT2D eigenvalue weighted by molar-refractivity contribution is -0.832. The summed E-state index contributed by atoms with van der Waals surface area (Å²) < 4.78 is 38.6. The van der Waals surface area contributed by atoms with E-state index in [0.717, 1.165) is 0 Å². The topological polar surface area (TPSA) is 123 Å². The van der Waals surface area contributed by atoms with Crippen molar-refractivity contribution in [3.8, 4) is 5.88 Å². The zero-order valence-corrected chi connectivity index (χ0v) is 12.3. The molecule has 0 amide bonds. The second-order valence-corrected chi connectivity index (χ2v) is 5.82. The summed E-state index contributed by atoms with van der Waals surface area (Å²) in [6.07, 6.45) is 0. The Morgan fingerprint density at radius 3 is 2.68 bits per heavy atom. The number of esters is 1. The standard InChI is InChI=1S/C12H12N2O7S/c1-2-19-10(15)8-20-11-12(14(16)21-13-11)22(17,18)9-6-4-3-5-7-9/h3-7H,2,8H2,1H3. The van der Waals surface area contributed by atoms with Crippen molar-refractivity contribution < 1.29 is 32.2 Å². The van der Waals surface area contributed by atoms with Gasteiger partial charge in [0.05, 0.1) is 16.7 Å². The molecule has 0 aliphatic heterocycles. The fraction of sp³-hybridized carbons (Fsp3) is 0.250. The Bertz CT molecular complexity index is 755. The predicted octanol–water partition coefficient (Wildman–Crippen LogP) is 0.0827. The van der Waals surface area contributed by atoms with Gasteiger partial charge >= 0.3 is 16.9 Å². The summed E-state index contributed by atoms with van der Waals surface area (Å²) >= 11 is 0. The second kappa shape index (κ2) is 6.43. The Balaban J connectivity index is 2.32. The molecular weight excluding hydrogens is 316 g/mol. The Morgan fingerprint density at radius 1 is 1.36 bits per heavy atom. The van der Waals surface area contributed by atoms with Crippen molar-refractivity contribution in [2.45, 2.75) is 16.8 Å². The molecule has 0 N–H and O–H groups in total. The average molecular weight is 328 g/mol. The summed E-state index contributed by atoms with van der Waals surface area (Å²) in [6, 6.07) is 7.22. The number of nitrogens with zero attached hydrogens (tertiary/aromatic N) is 2. The van der Waals surface area contributed by atoms with E-state index in [9.17, 15) is 18.4 Å². The molecule has 0 aliphatic rings. The van der Waals surface area contributed by atoms with Gasteiger partial charge in [-0.15, -0.1) is 0 Å². The van der Waals surface area contributed by atoms with Crippen LogP contribution >= 0.6 is 0 Å². The van der Waals surface area contributed by atoms with Crippen molar-refractivity contribution in [2.24, 2.45) is 0 Å². The Hall–Kier alpha value is -2.62. The van der Waals surface area contributed by atoms with E-state index in [4.69, 9.17) is 4.74 Å². The first kappa shape index (κ1) is 15.8. The quantitative estimate of drug-likeness (QED) is 0.539. The highest BCUT2D eigenvalue weighted by molar-refractivity contribution is 7.91. The molecule has 0 saturated heterocycles. The van der Waals surface area contributed by atoms with Crippen LogP contribution in [0.15, 0.2) is 44.9 Å². The molecule has 0 spiro atoms. The maximum atomic E-state index is 12.4. The largest absolute Gasteiger partial charge is 0.463 e. The lowest BCUT2D eigenvalue weighted by atomic mass is 10.4. The Kier molecular flexibility index (Phi) is 4.61. The second-order valence-electron chi connectivity index (χ2n) is 3.95. The fourth-order valence-electron chi connectivity index (χ4n) is 1.57. The molecular formula is C12H12N2O7S. The van der Waals surface area contributed by atoms with Crippen molar-refractivity contribution in [1.29, 1.82) is 0 Å². The van der Waals surface area contributed by atoms with Gasteiger partial charge in [-0.1, -0.05) is 18.2 Å². The molecule has 2 aromatic rings. The van der Waals surface area contributed by atoms with Crippen LogP contribution in [0.2, 0.25) is 0 Å². The molecule has 1 aromatic heterocycles. The number of carbonyl (C=O) groups excluding carboxylic acids is 1. The van der Waals surface area contributed by atoms with E-state index in [2.05, 4.69) is 14.5 Å². The van der Waals surface area contributed by atoms with Gasteiger partial charge in [0, 0.05) is 0 Å². The van der Waals surface area contributed by atoms with E-state index in [0.29, 0.717) is 0 Å². The molecule has 0 aliphatic carbocycles. The molecule has 0 unspecified atom stereocenters. The van der Waals surface area contributed by atoms with Crippen LogP contribution in [0.5, 0.6) is 5.88 Å². The third kappa shape index (κ3) is 3.17. The lowest BCUT2D eigenvalue weighted by Crippen LogP contribution is -2.31. The Labute approximate surface area is 125 Å². The monoisotopic (exact) mass is 328 g/mol. The van der Waals surface area contributed by atoms with Crippen LogP contribution in [-0.2, 0) is 19.4 Å². The van der Waals surface area contributed by atoms with Crippen molar-refractivity contribution in [2.75, 3.05) is 13.2 Å². The van der Waals surface area contributed by atoms with Gasteiger partial charge in [-0.2, -0.15) is 0 Å². The molecule has 1 heterocycles. The summed E-state index contributed by atoms with van der Waals surface area (Å²) in [7, 11) is -4.20. The van der Waals surface area contributed by atoms with Crippen molar-refractivity contribution in [3.63, 3.8) is 0 Å². The molecule has 2 rings (SSSR count). The molecule has 0 bridgehead atoms. The van der Waals surface area contributed by atoms with Crippen LogP contribution in [0.1, 0.15) is 6.92 Å². The first-order valence-electron chi connectivity index (χ1n) is 6.15. The van der Waals surface area contributed by atoms with E-state index in [1.165, 1.54) is 24.3 Å². The third-order valence-corrected chi connectivity index (χ3v) is 4.21. The van der Waals surface area contributed by atoms with E-state index in [1.54, 1.807) is 13.0 Å². The zero-order valence-electron chi connectivity index (χ0n) is 11.5. The Morgan fingerprint density at radius 2 is 2.05 bits per heavy atom. The molecule has 118 valence electrons. The van der Waals surface area contributed by atoms with E-state index < -0.39 is 33.3 Å². The molecule has 22 heavy (non-hydrogen) atoms. The number of rotatable bonds is 6. The van der Waals surface area contributed by atoms with Gasteiger partial charge < -0.3 is 14.7 Å². The molecule has 0 saturated carbocycles. The average Bonchev–Trinajstić information content (AvgIpc) is 2.88. The van der Waals surface area contributed by atoms with Crippen LogP contribution in [0.3, 0.4) is 0 Å². The first-order valence-corrected chi connectivity index (χ1v) is 7.63. The molecule has 1 aromatic carbocycles. The van der Waals surface area contributed by atoms with E-state index in [-0.39, 0.29) is 16.4 Å². The van der Waals surface area contributed by atoms with E-state index in [1.807, 2.05) is 0 Å². The molecule has 9 nitrogen and oxygen atoms in total.